The molecule has 0 aromatic carbocycles. The number of carbonyl (C=O) groups is 2. The van der Waals surface area contributed by atoms with Gasteiger partial charge in [-0.2, -0.15) is 5.09 Å². The smallest absolute Gasteiger partial charge is 0.459 e. The molecule has 0 saturated heterocycles. The van der Waals surface area contributed by atoms with E-state index in [0.717, 1.165) is 6.92 Å². The van der Waals surface area contributed by atoms with Crippen molar-refractivity contribution in [2.24, 2.45) is 0 Å². The highest BCUT2D eigenvalue weighted by Crippen LogP contribution is 2.37. The van der Waals surface area contributed by atoms with E-state index >= 15 is 0 Å². The topological polar surface area (TPSA) is 133 Å². The van der Waals surface area contributed by atoms with Crippen molar-refractivity contribution in [1.82, 2.24) is 5.09 Å². The maximum atomic E-state index is 10.9. The second-order valence-electron chi connectivity index (χ2n) is 2.31. The van der Waals surface area contributed by atoms with Gasteiger partial charge in [0.1, 0.15) is 6.04 Å². The minimum absolute atomic E-state index is 0.888. The van der Waals surface area contributed by atoms with Gasteiger partial charge in [0, 0.05) is 6.92 Å². The van der Waals surface area contributed by atoms with Crippen molar-refractivity contribution in [2.75, 3.05) is 6.61 Å². The van der Waals surface area contributed by atoms with Crippen LogP contribution in [-0.2, 0) is 18.7 Å². The van der Waals surface area contributed by atoms with Crippen LogP contribution < -0.4 is 5.09 Å². The van der Waals surface area contributed by atoms with Gasteiger partial charge < -0.3 is 19.6 Å². The van der Waals surface area contributed by atoms with Gasteiger partial charge in [0.15, 0.2) is 0 Å². The second kappa shape index (κ2) is 5.06. The lowest BCUT2D eigenvalue weighted by molar-refractivity contribution is -0.140. The molecule has 14 heavy (non-hydrogen) atoms. The Morgan fingerprint density at radius 2 is 2.07 bits per heavy atom. The van der Waals surface area contributed by atoms with Crippen LogP contribution in [0.15, 0.2) is 0 Å². The molecule has 8 nitrogen and oxygen atoms in total. The van der Waals surface area contributed by atoms with Crippen molar-refractivity contribution >= 4 is 19.7 Å². The number of rotatable bonds is 5. The highest BCUT2D eigenvalue weighted by atomic mass is 31.2. The Bertz CT molecular complexity index is 277. The zero-order valence-electron chi connectivity index (χ0n) is 7.21. The van der Waals surface area contributed by atoms with E-state index in [2.05, 4.69) is 4.52 Å². The Hall–Kier alpha value is -0.950. The van der Waals surface area contributed by atoms with Crippen molar-refractivity contribution < 1.29 is 33.8 Å². The molecule has 0 bridgehead atoms. The molecule has 0 aliphatic rings. The third kappa shape index (κ3) is 4.93. The van der Waals surface area contributed by atoms with Crippen LogP contribution >= 0.6 is 7.75 Å². The Balaban J connectivity index is 4.40. The number of hydrogen-bond donors (Lipinski definition) is 4. The summed E-state index contributed by atoms with van der Waals surface area (Å²) in [4.78, 5) is 29.5. The summed E-state index contributed by atoms with van der Waals surface area (Å²) in [5, 5.41) is 18.4. The SMILES string of the molecule is CC(=O)OP(=O)(O)N[C@@H](CO)C(=O)O. The molecule has 0 rings (SSSR count). The van der Waals surface area contributed by atoms with Crippen LogP contribution in [0.3, 0.4) is 0 Å². The molecule has 0 heterocycles. The number of carbonyl (C=O) groups excluding carboxylic acids is 1. The first-order valence-electron chi connectivity index (χ1n) is 3.43. The highest BCUT2D eigenvalue weighted by Gasteiger charge is 2.30. The van der Waals surface area contributed by atoms with E-state index in [1.165, 1.54) is 0 Å². The molecular weight excluding hydrogens is 217 g/mol. The van der Waals surface area contributed by atoms with Crippen molar-refractivity contribution in [3.8, 4) is 0 Å². The normalized spacial score (nSPS) is 16.8. The summed E-state index contributed by atoms with van der Waals surface area (Å²) < 4.78 is 14.8. The molecule has 4 N–H and O–H groups in total. The fraction of sp³-hybridized carbons (Fsp3) is 0.600. The first-order chi connectivity index (χ1) is 6.28. The van der Waals surface area contributed by atoms with Crippen molar-refractivity contribution in [3.05, 3.63) is 0 Å². The highest BCUT2D eigenvalue weighted by molar-refractivity contribution is 7.51. The van der Waals surface area contributed by atoms with Gasteiger partial charge in [-0.3, -0.25) is 9.59 Å². The lowest BCUT2D eigenvalue weighted by atomic mass is 10.3. The van der Waals surface area contributed by atoms with Crippen molar-refractivity contribution in [3.63, 3.8) is 0 Å². The molecule has 0 aliphatic heterocycles. The predicted molar refractivity (Wildman–Crippen MR) is 43.2 cm³/mol. The number of aliphatic hydroxyl groups excluding tert-OH is 1. The van der Waals surface area contributed by atoms with Crippen LogP contribution in [0.5, 0.6) is 0 Å². The fourth-order valence-corrected chi connectivity index (χ4v) is 1.56. The van der Waals surface area contributed by atoms with Gasteiger partial charge in [-0.1, -0.05) is 0 Å². The van der Waals surface area contributed by atoms with E-state index in [4.69, 9.17) is 15.1 Å². The minimum Gasteiger partial charge on any atom is -0.480 e. The first-order valence-corrected chi connectivity index (χ1v) is 5.00. The summed E-state index contributed by atoms with van der Waals surface area (Å²) in [6.07, 6.45) is 0. The van der Waals surface area contributed by atoms with Crippen LogP contribution in [0, 0.1) is 0 Å². The Kier molecular flexibility index (Phi) is 4.72. The van der Waals surface area contributed by atoms with Crippen LogP contribution in [0.25, 0.3) is 0 Å². The zero-order valence-corrected chi connectivity index (χ0v) is 8.10. The molecular formula is C5H10NO7P. The second-order valence-corrected chi connectivity index (χ2v) is 3.79. The Morgan fingerprint density at radius 3 is 2.36 bits per heavy atom. The lowest BCUT2D eigenvalue weighted by Crippen LogP contribution is -2.38. The number of hydrogen-bond acceptors (Lipinski definition) is 5. The van der Waals surface area contributed by atoms with E-state index < -0.39 is 32.3 Å². The molecule has 82 valence electrons. The van der Waals surface area contributed by atoms with E-state index in [9.17, 15) is 14.2 Å². The zero-order chi connectivity index (χ0) is 11.4. The number of aliphatic hydroxyl groups is 1. The molecule has 1 unspecified atom stereocenters. The maximum absolute atomic E-state index is 10.9. The summed E-state index contributed by atoms with van der Waals surface area (Å²) in [6, 6.07) is -1.66. The number of carboxylic acid groups (broad SMARTS) is 1. The molecule has 0 radical (unpaired) electrons. The standard InChI is InChI=1S/C5H10NO7P/c1-3(8)13-14(11,12)6-4(2-7)5(9)10/h4,7H,2H2,1H3,(H,9,10)(H2,6,11,12)/t4-/m0/s1. The number of aliphatic carboxylic acids is 1. The molecule has 0 aliphatic carbocycles. The third-order valence-corrected chi connectivity index (χ3v) is 2.19. The summed E-state index contributed by atoms with van der Waals surface area (Å²) in [5.74, 6) is -2.57. The Morgan fingerprint density at radius 1 is 1.57 bits per heavy atom. The van der Waals surface area contributed by atoms with Gasteiger partial charge >= 0.3 is 19.7 Å². The van der Waals surface area contributed by atoms with Gasteiger partial charge in [-0.05, 0) is 0 Å². The number of nitrogens with one attached hydrogen (secondary N) is 1. The van der Waals surface area contributed by atoms with Crippen LogP contribution in [0.2, 0.25) is 0 Å². The van der Waals surface area contributed by atoms with Crippen LogP contribution in [0.4, 0.5) is 0 Å². The van der Waals surface area contributed by atoms with Gasteiger partial charge in [0.2, 0.25) is 0 Å². The quantitative estimate of drug-likeness (QED) is 0.425. The average Bonchev–Trinajstić information content (AvgIpc) is 1.97. The molecule has 0 fully saturated rings. The summed E-state index contributed by atoms with van der Waals surface area (Å²) >= 11 is 0. The van der Waals surface area contributed by atoms with E-state index in [1.807, 2.05) is 0 Å². The van der Waals surface area contributed by atoms with Gasteiger partial charge in [-0.25, -0.2) is 4.57 Å². The lowest BCUT2D eigenvalue weighted by Gasteiger charge is -2.15. The van der Waals surface area contributed by atoms with E-state index in [1.54, 1.807) is 5.09 Å². The summed E-state index contributed by atoms with van der Waals surface area (Å²) in [7, 11) is -4.52. The van der Waals surface area contributed by atoms with Gasteiger partial charge in [0.05, 0.1) is 6.61 Å². The fourth-order valence-electron chi connectivity index (χ4n) is 0.572. The van der Waals surface area contributed by atoms with Gasteiger partial charge in [-0.15, -0.1) is 0 Å². The van der Waals surface area contributed by atoms with Gasteiger partial charge in [0.25, 0.3) is 0 Å². The van der Waals surface area contributed by atoms with Crippen LogP contribution in [-0.4, -0.2) is 39.7 Å². The first kappa shape index (κ1) is 13.1. The van der Waals surface area contributed by atoms with E-state index in [-0.39, 0.29) is 0 Å². The summed E-state index contributed by atoms with van der Waals surface area (Å²) in [6.45, 7) is -0.0135. The predicted octanol–water partition coefficient (Wildman–Crippen LogP) is -1.32. The summed E-state index contributed by atoms with van der Waals surface area (Å²) in [5.41, 5.74) is 0. The van der Waals surface area contributed by atoms with Crippen LogP contribution in [0.1, 0.15) is 6.92 Å². The maximum Gasteiger partial charge on any atom is 0.459 e. The molecule has 0 spiro atoms. The molecule has 9 heteroatoms. The van der Waals surface area contributed by atoms with Crippen molar-refractivity contribution in [2.45, 2.75) is 13.0 Å². The molecule has 0 aromatic heterocycles. The molecule has 0 amide bonds. The average molecular weight is 227 g/mol. The third-order valence-electron chi connectivity index (χ3n) is 1.05. The monoisotopic (exact) mass is 227 g/mol. The van der Waals surface area contributed by atoms with Crippen molar-refractivity contribution in [1.29, 1.82) is 0 Å². The van der Waals surface area contributed by atoms with E-state index in [0.29, 0.717) is 0 Å². The Labute approximate surface area is 79.1 Å². The molecule has 0 aromatic rings. The molecule has 0 saturated carbocycles. The number of carboxylic acids is 1. The largest absolute Gasteiger partial charge is 0.480 e. The minimum atomic E-state index is -4.52. The molecule has 2 atom stereocenters.